The third-order valence-corrected chi connectivity index (χ3v) is 6.11. The van der Waals surface area contributed by atoms with Crippen LogP contribution in [-0.2, 0) is 14.4 Å². The van der Waals surface area contributed by atoms with Crippen molar-refractivity contribution in [2.24, 2.45) is 35.5 Å². The summed E-state index contributed by atoms with van der Waals surface area (Å²) in [7, 11) is 0. The summed E-state index contributed by atoms with van der Waals surface area (Å²) in [5.41, 5.74) is 0. The summed E-state index contributed by atoms with van der Waals surface area (Å²) in [4.78, 5) is 38.1. The SMILES string of the molecule is CCCC[C@@H](C(=O)[O-])N1C(=O)[C@@H]2[C@@H]3C=C[C@@H]([C@H]4C[C@@H]34)[C@@H]2C1=O. The van der Waals surface area contributed by atoms with Crippen LogP contribution in [0.15, 0.2) is 12.2 Å². The van der Waals surface area contributed by atoms with Crippen LogP contribution in [0.3, 0.4) is 0 Å². The lowest BCUT2D eigenvalue weighted by Gasteiger charge is -2.37. The summed E-state index contributed by atoms with van der Waals surface area (Å²) in [6, 6.07) is -1.10. The van der Waals surface area contributed by atoms with Gasteiger partial charge in [0.15, 0.2) is 0 Å². The second kappa shape index (κ2) is 4.67. The van der Waals surface area contributed by atoms with Crippen LogP contribution in [0.1, 0.15) is 32.6 Å². The Kier molecular flexibility index (Phi) is 2.97. The number of allylic oxidation sites excluding steroid dienone is 2. The van der Waals surface area contributed by atoms with Crippen molar-refractivity contribution in [3.8, 4) is 0 Å². The largest absolute Gasteiger partial charge is 0.548 e. The van der Waals surface area contributed by atoms with Crippen LogP contribution < -0.4 is 5.11 Å². The van der Waals surface area contributed by atoms with Crippen molar-refractivity contribution in [3.05, 3.63) is 12.2 Å². The van der Waals surface area contributed by atoms with E-state index in [9.17, 15) is 19.5 Å². The summed E-state index contributed by atoms with van der Waals surface area (Å²) < 4.78 is 0. The fraction of sp³-hybridized carbons (Fsp3) is 0.706. The Hall–Kier alpha value is -1.65. The van der Waals surface area contributed by atoms with E-state index in [4.69, 9.17) is 0 Å². The third-order valence-electron chi connectivity index (χ3n) is 6.11. The second-order valence-electron chi connectivity index (χ2n) is 7.18. The van der Waals surface area contributed by atoms with E-state index in [1.165, 1.54) is 0 Å². The number of imide groups is 1. The van der Waals surface area contributed by atoms with Crippen LogP contribution in [-0.4, -0.2) is 28.7 Å². The van der Waals surface area contributed by atoms with Crippen LogP contribution in [0, 0.1) is 35.5 Å². The number of carbonyl (C=O) groups excluding carboxylic acids is 3. The zero-order valence-corrected chi connectivity index (χ0v) is 12.6. The Morgan fingerprint density at radius 1 is 1.23 bits per heavy atom. The van der Waals surface area contributed by atoms with Gasteiger partial charge in [-0.15, -0.1) is 0 Å². The summed E-state index contributed by atoms with van der Waals surface area (Å²) in [5, 5.41) is 11.5. The van der Waals surface area contributed by atoms with Crippen molar-refractivity contribution in [1.82, 2.24) is 4.90 Å². The molecule has 22 heavy (non-hydrogen) atoms. The molecule has 0 aromatic heterocycles. The number of aliphatic carboxylic acids is 1. The van der Waals surface area contributed by atoms with E-state index >= 15 is 0 Å². The van der Waals surface area contributed by atoms with E-state index < -0.39 is 12.0 Å². The van der Waals surface area contributed by atoms with E-state index in [1.807, 2.05) is 6.92 Å². The highest BCUT2D eigenvalue weighted by molar-refractivity contribution is 6.08. The highest BCUT2D eigenvalue weighted by atomic mass is 16.4. The molecule has 2 amide bonds. The van der Waals surface area contributed by atoms with Crippen molar-refractivity contribution < 1.29 is 19.5 Å². The molecule has 5 rings (SSSR count). The lowest BCUT2D eigenvalue weighted by molar-refractivity contribution is -0.311. The van der Waals surface area contributed by atoms with Crippen molar-refractivity contribution in [1.29, 1.82) is 0 Å². The molecule has 1 aliphatic heterocycles. The lowest BCUT2D eigenvalue weighted by atomic mass is 9.63. The Morgan fingerprint density at radius 3 is 2.23 bits per heavy atom. The number of likely N-dealkylation sites (tertiary alicyclic amines) is 1. The van der Waals surface area contributed by atoms with Crippen molar-refractivity contribution in [2.75, 3.05) is 0 Å². The number of amides is 2. The van der Waals surface area contributed by atoms with Crippen LogP contribution in [0.5, 0.6) is 0 Å². The van der Waals surface area contributed by atoms with Gasteiger partial charge in [0.1, 0.15) is 0 Å². The van der Waals surface area contributed by atoms with E-state index in [2.05, 4.69) is 12.2 Å². The Morgan fingerprint density at radius 2 is 1.77 bits per heavy atom. The topological polar surface area (TPSA) is 77.5 Å². The van der Waals surface area contributed by atoms with Gasteiger partial charge in [-0.2, -0.15) is 0 Å². The molecule has 118 valence electrons. The molecule has 0 N–H and O–H groups in total. The zero-order valence-electron chi connectivity index (χ0n) is 12.6. The minimum Gasteiger partial charge on any atom is -0.548 e. The quantitative estimate of drug-likeness (QED) is 0.542. The molecular formula is C17H20NO4-. The van der Waals surface area contributed by atoms with Gasteiger partial charge in [-0.25, -0.2) is 0 Å². The normalized spacial score (nSPS) is 42.3. The number of rotatable bonds is 5. The van der Waals surface area contributed by atoms with Crippen molar-refractivity contribution in [3.63, 3.8) is 0 Å². The number of hydrogen-bond donors (Lipinski definition) is 0. The number of carboxylic acid groups (broad SMARTS) is 1. The number of hydrogen-bond acceptors (Lipinski definition) is 4. The number of carbonyl (C=O) groups is 3. The van der Waals surface area contributed by atoms with Gasteiger partial charge in [0.2, 0.25) is 11.8 Å². The maximum atomic E-state index is 12.8. The molecular weight excluding hydrogens is 282 g/mol. The second-order valence-corrected chi connectivity index (χ2v) is 7.18. The summed E-state index contributed by atoms with van der Waals surface area (Å²) in [6.45, 7) is 1.96. The highest BCUT2D eigenvalue weighted by Gasteiger charge is 2.67. The number of unbranched alkanes of at least 4 members (excludes halogenated alkanes) is 1. The van der Waals surface area contributed by atoms with Gasteiger partial charge in [0.25, 0.3) is 0 Å². The molecule has 3 fully saturated rings. The standard InChI is InChI=1S/C17H21NO4/c1-2-3-4-12(17(21)22)18-15(19)13-8-5-6-9(11-7-10(8)11)14(13)16(18)20/h5-6,8-14H,2-4,7H2,1H3,(H,21,22)/p-1/t8-,9+,10+,11-,12-,13-,14+/m0/s1. The predicted octanol–water partition coefficient (Wildman–Crippen LogP) is 0.348. The van der Waals surface area contributed by atoms with Crippen LogP contribution in [0.2, 0.25) is 0 Å². The van der Waals surface area contributed by atoms with E-state index in [0.29, 0.717) is 24.7 Å². The van der Waals surface area contributed by atoms with Gasteiger partial charge in [-0.05, 0) is 36.5 Å². The summed E-state index contributed by atoms with van der Waals surface area (Å²) >= 11 is 0. The first kappa shape index (κ1) is 14.0. The Bertz CT molecular complexity index is 547. The molecule has 0 aromatic carbocycles. The Balaban J connectivity index is 1.65. The molecule has 5 aliphatic rings. The van der Waals surface area contributed by atoms with E-state index in [1.54, 1.807) is 0 Å². The monoisotopic (exact) mass is 302 g/mol. The minimum atomic E-state index is -1.31. The molecule has 1 saturated heterocycles. The molecule has 0 unspecified atom stereocenters. The molecule has 2 bridgehead atoms. The molecule has 0 aromatic rings. The smallest absolute Gasteiger partial charge is 0.234 e. The fourth-order valence-corrected chi connectivity index (χ4v) is 5.04. The van der Waals surface area contributed by atoms with E-state index in [-0.39, 0.29) is 35.5 Å². The maximum absolute atomic E-state index is 12.8. The van der Waals surface area contributed by atoms with Gasteiger partial charge in [0.05, 0.1) is 23.8 Å². The minimum absolute atomic E-state index is 0.134. The summed E-state index contributed by atoms with van der Waals surface area (Å²) in [6.07, 6.45) is 7.08. The molecule has 2 saturated carbocycles. The van der Waals surface area contributed by atoms with Crippen LogP contribution in [0.4, 0.5) is 0 Å². The fourth-order valence-electron chi connectivity index (χ4n) is 5.04. The van der Waals surface area contributed by atoms with Crippen molar-refractivity contribution in [2.45, 2.75) is 38.6 Å². The molecule has 5 heteroatoms. The van der Waals surface area contributed by atoms with Gasteiger partial charge in [0, 0.05) is 0 Å². The Labute approximate surface area is 129 Å². The predicted molar refractivity (Wildman–Crippen MR) is 74.9 cm³/mol. The first-order valence-corrected chi connectivity index (χ1v) is 8.32. The van der Waals surface area contributed by atoms with Crippen LogP contribution >= 0.6 is 0 Å². The molecule has 4 aliphatic carbocycles. The van der Waals surface area contributed by atoms with Gasteiger partial charge in [-0.3, -0.25) is 14.5 Å². The first-order chi connectivity index (χ1) is 10.6. The highest BCUT2D eigenvalue weighted by Crippen LogP contribution is 2.65. The van der Waals surface area contributed by atoms with Crippen LogP contribution in [0.25, 0.3) is 0 Å². The average Bonchev–Trinajstić information content (AvgIpc) is 3.27. The van der Waals surface area contributed by atoms with Crippen molar-refractivity contribution >= 4 is 17.8 Å². The van der Waals surface area contributed by atoms with Gasteiger partial charge >= 0.3 is 0 Å². The first-order valence-electron chi connectivity index (χ1n) is 8.32. The molecule has 0 spiro atoms. The number of nitrogens with zero attached hydrogens (tertiary/aromatic N) is 1. The van der Waals surface area contributed by atoms with Gasteiger partial charge < -0.3 is 9.90 Å². The molecule has 1 heterocycles. The molecule has 7 atom stereocenters. The summed E-state index contributed by atoms with van der Waals surface area (Å²) in [5.74, 6) is -1.17. The molecule has 5 nitrogen and oxygen atoms in total. The zero-order chi connectivity index (χ0) is 15.6. The average molecular weight is 302 g/mol. The molecule has 0 radical (unpaired) electrons. The van der Waals surface area contributed by atoms with E-state index in [0.717, 1.165) is 17.7 Å². The third kappa shape index (κ3) is 1.68. The number of carboxylic acids is 1. The van der Waals surface area contributed by atoms with Gasteiger partial charge in [-0.1, -0.05) is 31.9 Å². The maximum Gasteiger partial charge on any atom is 0.234 e. The lowest BCUT2D eigenvalue weighted by Crippen LogP contribution is -2.51.